The Labute approximate surface area is 184 Å². The van der Waals surface area contributed by atoms with Gasteiger partial charge in [-0.3, -0.25) is 19.7 Å². The van der Waals surface area contributed by atoms with Crippen LogP contribution in [0, 0.1) is 17.0 Å². The lowest BCUT2D eigenvalue weighted by molar-refractivity contribution is -0.384. The Kier molecular flexibility index (Phi) is 6.78. The van der Waals surface area contributed by atoms with Gasteiger partial charge in [0, 0.05) is 17.8 Å². The number of nitrogens with zero attached hydrogens (tertiary/aromatic N) is 1. The molecule has 9 nitrogen and oxygen atoms in total. The number of nitrogens with one attached hydrogen (secondary N) is 2. The fourth-order valence-corrected chi connectivity index (χ4v) is 4.43. The molecular weight excluding hydrogens is 442 g/mol. The van der Waals surface area contributed by atoms with Crippen LogP contribution in [0.5, 0.6) is 0 Å². The van der Waals surface area contributed by atoms with Crippen molar-refractivity contribution in [3.8, 4) is 0 Å². The van der Waals surface area contributed by atoms with Gasteiger partial charge in [0.2, 0.25) is 0 Å². The third-order valence-corrected chi connectivity index (χ3v) is 6.19. The third-order valence-electron chi connectivity index (χ3n) is 4.12. The zero-order chi connectivity index (χ0) is 22.5. The Morgan fingerprint density at radius 2 is 1.90 bits per heavy atom. The Bertz CT molecular complexity index is 1150. The number of nitro benzene ring substituents is 1. The quantitative estimate of drug-likeness (QED) is 0.299. The van der Waals surface area contributed by atoms with Gasteiger partial charge in [0.05, 0.1) is 26.8 Å². The molecule has 2 heterocycles. The molecule has 2 amide bonds. The van der Waals surface area contributed by atoms with E-state index in [1.807, 2.05) is 0 Å². The number of non-ortho nitro benzene ring substituents is 1. The molecule has 3 rings (SSSR count). The highest BCUT2D eigenvalue weighted by Gasteiger charge is 2.27. The average molecular weight is 460 g/mol. The van der Waals surface area contributed by atoms with E-state index in [1.54, 1.807) is 31.4 Å². The molecule has 3 aromatic rings. The van der Waals surface area contributed by atoms with Gasteiger partial charge >= 0.3 is 5.97 Å². The van der Waals surface area contributed by atoms with Crippen LogP contribution >= 0.6 is 22.7 Å². The number of rotatable bonds is 7. The van der Waals surface area contributed by atoms with Gasteiger partial charge in [0.15, 0.2) is 0 Å². The molecule has 0 atom stereocenters. The molecule has 0 aliphatic heterocycles. The molecule has 0 aliphatic carbocycles. The number of anilines is 2. The first-order valence-corrected chi connectivity index (χ1v) is 10.7. The van der Waals surface area contributed by atoms with Crippen molar-refractivity contribution in [1.29, 1.82) is 0 Å². The van der Waals surface area contributed by atoms with E-state index in [0.717, 1.165) is 11.3 Å². The number of carbonyl (C=O) groups excluding carboxylic acids is 3. The number of hydrogen-bond donors (Lipinski definition) is 2. The van der Waals surface area contributed by atoms with E-state index >= 15 is 0 Å². The van der Waals surface area contributed by atoms with Crippen molar-refractivity contribution < 1.29 is 24.0 Å². The van der Waals surface area contributed by atoms with E-state index in [4.69, 9.17) is 4.74 Å². The van der Waals surface area contributed by atoms with Crippen molar-refractivity contribution in [1.82, 2.24) is 0 Å². The van der Waals surface area contributed by atoms with Gasteiger partial charge in [-0.1, -0.05) is 12.1 Å². The molecule has 0 saturated carbocycles. The standard InChI is InChI=1S/C20H17N3O6S2/c1-3-29-20(26)15-11(2)16(31-19(15)22-17(24)14-8-5-9-30-14)18(25)21-12-6-4-7-13(10-12)23(27)28/h4-10H,3H2,1-2H3,(H,21,25)(H,22,24). The number of carbonyl (C=O) groups is 3. The van der Waals surface area contributed by atoms with Gasteiger partial charge < -0.3 is 15.4 Å². The summed E-state index contributed by atoms with van der Waals surface area (Å²) in [4.78, 5) is 48.8. The van der Waals surface area contributed by atoms with Gasteiger partial charge in [-0.15, -0.1) is 22.7 Å². The SMILES string of the molecule is CCOC(=O)c1c(NC(=O)c2cccs2)sc(C(=O)Nc2cccc([N+](=O)[O-])c2)c1C. The van der Waals surface area contributed by atoms with Crippen molar-refractivity contribution in [3.05, 3.63) is 72.8 Å². The van der Waals surface area contributed by atoms with E-state index in [1.165, 1.54) is 35.6 Å². The van der Waals surface area contributed by atoms with E-state index in [-0.39, 0.29) is 33.4 Å². The van der Waals surface area contributed by atoms with Crippen LogP contribution < -0.4 is 10.6 Å². The summed E-state index contributed by atoms with van der Waals surface area (Å²) in [7, 11) is 0. The number of benzene rings is 1. The summed E-state index contributed by atoms with van der Waals surface area (Å²) < 4.78 is 5.09. The van der Waals surface area contributed by atoms with Gasteiger partial charge in [0.25, 0.3) is 17.5 Å². The molecule has 0 bridgehead atoms. The van der Waals surface area contributed by atoms with Crippen molar-refractivity contribution in [3.63, 3.8) is 0 Å². The highest BCUT2D eigenvalue weighted by Crippen LogP contribution is 2.35. The normalized spacial score (nSPS) is 10.4. The van der Waals surface area contributed by atoms with E-state index in [9.17, 15) is 24.5 Å². The van der Waals surface area contributed by atoms with Crippen LogP contribution in [-0.4, -0.2) is 29.3 Å². The molecular formula is C20H17N3O6S2. The second kappa shape index (κ2) is 9.49. The maximum Gasteiger partial charge on any atom is 0.341 e. The second-order valence-electron chi connectivity index (χ2n) is 6.17. The maximum absolute atomic E-state index is 12.8. The van der Waals surface area contributed by atoms with Crippen LogP contribution in [0.2, 0.25) is 0 Å². The maximum atomic E-state index is 12.8. The predicted octanol–water partition coefficient (Wildman–Crippen LogP) is 4.71. The molecule has 0 saturated heterocycles. The van der Waals surface area contributed by atoms with E-state index < -0.39 is 22.7 Å². The Morgan fingerprint density at radius 1 is 1.13 bits per heavy atom. The molecule has 11 heteroatoms. The number of thiophene rings is 2. The molecule has 2 aromatic heterocycles. The first-order chi connectivity index (χ1) is 14.8. The van der Waals surface area contributed by atoms with Gasteiger partial charge in [-0.25, -0.2) is 4.79 Å². The Hall–Kier alpha value is -3.57. The van der Waals surface area contributed by atoms with Crippen LogP contribution in [0.1, 0.15) is 42.2 Å². The second-order valence-corrected chi connectivity index (χ2v) is 8.14. The minimum Gasteiger partial charge on any atom is -0.462 e. The predicted molar refractivity (Wildman–Crippen MR) is 118 cm³/mol. The smallest absolute Gasteiger partial charge is 0.341 e. The number of esters is 1. The van der Waals surface area contributed by atoms with Gasteiger partial charge in [-0.05, 0) is 36.9 Å². The minimum atomic E-state index is -0.660. The van der Waals surface area contributed by atoms with Crippen LogP contribution in [0.4, 0.5) is 16.4 Å². The lowest BCUT2D eigenvalue weighted by Crippen LogP contribution is -2.14. The summed E-state index contributed by atoms with van der Waals surface area (Å²) >= 11 is 2.17. The van der Waals surface area contributed by atoms with Gasteiger partial charge in [0.1, 0.15) is 5.00 Å². The average Bonchev–Trinajstić information content (AvgIpc) is 3.37. The first kappa shape index (κ1) is 22.1. The highest BCUT2D eigenvalue weighted by atomic mass is 32.1. The number of nitro groups is 1. The fraction of sp³-hybridized carbons (Fsp3) is 0.150. The highest BCUT2D eigenvalue weighted by molar-refractivity contribution is 7.19. The lowest BCUT2D eigenvalue weighted by atomic mass is 10.1. The van der Waals surface area contributed by atoms with Crippen LogP contribution in [0.3, 0.4) is 0 Å². The van der Waals surface area contributed by atoms with E-state index in [0.29, 0.717) is 10.4 Å². The molecule has 0 aliphatic rings. The van der Waals surface area contributed by atoms with Crippen molar-refractivity contribution in [2.75, 3.05) is 17.2 Å². The topological polar surface area (TPSA) is 128 Å². The molecule has 0 unspecified atom stereocenters. The Balaban J connectivity index is 1.93. The number of hydrogen-bond acceptors (Lipinski definition) is 8. The van der Waals surface area contributed by atoms with Gasteiger partial charge in [-0.2, -0.15) is 0 Å². The fourth-order valence-electron chi connectivity index (χ4n) is 2.72. The third kappa shape index (κ3) is 4.95. The summed E-state index contributed by atoms with van der Waals surface area (Å²) in [5, 5.41) is 18.2. The summed E-state index contributed by atoms with van der Waals surface area (Å²) in [6, 6.07) is 8.87. The number of amides is 2. The monoisotopic (exact) mass is 459 g/mol. The lowest BCUT2D eigenvalue weighted by Gasteiger charge is -2.06. The molecule has 31 heavy (non-hydrogen) atoms. The number of ether oxygens (including phenoxy) is 1. The molecule has 0 fully saturated rings. The van der Waals surface area contributed by atoms with Crippen molar-refractivity contribution in [2.24, 2.45) is 0 Å². The summed E-state index contributed by atoms with van der Waals surface area (Å²) in [6.45, 7) is 3.35. The zero-order valence-electron chi connectivity index (χ0n) is 16.5. The molecule has 0 radical (unpaired) electrons. The molecule has 2 N–H and O–H groups in total. The van der Waals surface area contributed by atoms with Crippen LogP contribution in [0.25, 0.3) is 0 Å². The van der Waals surface area contributed by atoms with E-state index in [2.05, 4.69) is 10.6 Å². The summed E-state index contributed by atoms with van der Waals surface area (Å²) in [5.41, 5.74) is 0.500. The zero-order valence-corrected chi connectivity index (χ0v) is 18.1. The minimum absolute atomic E-state index is 0.0981. The van der Waals surface area contributed by atoms with Crippen molar-refractivity contribution >= 4 is 56.8 Å². The molecule has 1 aromatic carbocycles. The Morgan fingerprint density at radius 3 is 2.55 bits per heavy atom. The summed E-state index contributed by atoms with van der Waals surface area (Å²) in [6.07, 6.45) is 0. The summed E-state index contributed by atoms with van der Waals surface area (Å²) in [5.74, 6) is -1.63. The van der Waals surface area contributed by atoms with Crippen molar-refractivity contribution in [2.45, 2.75) is 13.8 Å². The largest absolute Gasteiger partial charge is 0.462 e. The molecule has 0 spiro atoms. The first-order valence-electron chi connectivity index (χ1n) is 9.03. The molecule has 160 valence electrons. The van der Waals surface area contributed by atoms with Crippen LogP contribution in [0.15, 0.2) is 41.8 Å². The van der Waals surface area contributed by atoms with Crippen LogP contribution in [-0.2, 0) is 4.74 Å².